The van der Waals surface area contributed by atoms with Gasteiger partial charge >= 0.3 is 0 Å². The van der Waals surface area contributed by atoms with Crippen LogP contribution in [0.4, 0.5) is 0 Å². The predicted molar refractivity (Wildman–Crippen MR) is 72.6 cm³/mol. The van der Waals surface area contributed by atoms with E-state index in [0.29, 0.717) is 22.0 Å². The van der Waals surface area contributed by atoms with E-state index in [1.807, 2.05) is 12.1 Å². The Labute approximate surface area is 119 Å². The number of aromatic nitrogens is 5. The van der Waals surface area contributed by atoms with E-state index in [1.54, 1.807) is 30.7 Å². The average molecular weight is 283 g/mol. The summed E-state index contributed by atoms with van der Waals surface area (Å²) in [5.41, 5.74) is 2.94. The molecule has 2 heterocycles. The van der Waals surface area contributed by atoms with Gasteiger partial charge in [0, 0.05) is 28.5 Å². The Hall–Kier alpha value is -2.78. The first-order valence-electron chi connectivity index (χ1n) is 5.66. The molecule has 3 rings (SSSR count). The van der Waals surface area contributed by atoms with Crippen molar-refractivity contribution in [2.24, 2.45) is 0 Å². The van der Waals surface area contributed by atoms with Crippen LogP contribution >= 0.6 is 11.6 Å². The van der Waals surface area contributed by atoms with E-state index in [0.717, 1.165) is 5.56 Å². The van der Waals surface area contributed by atoms with Gasteiger partial charge < -0.3 is 0 Å². The second-order valence-corrected chi connectivity index (χ2v) is 4.40. The van der Waals surface area contributed by atoms with Crippen molar-refractivity contribution in [3.8, 4) is 28.6 Å². The van der Waals surface area contributed by atoms with E-state index in [1.165, 1.54) is 0 Å². The van der Waals surface area contributed by atoms with Crippen LogP contribution in [0, 0.1) is 11.3 Å². The molecule has 0 saturated heterocycles. The van der Waals surface area contributed by atoms with Gasteiger partial charge in [-0.25, -0.2) is 5.10 Å². The molecule has 0 fully saturated rings. The summed E-state index contributed by atoms with van der Waals surface area (Å²) in [5.74, 6) is 0. The molecule has 0 amide bonds. The smallest absolute Gasteiger partial charge is 0.163 e. The van der Waals surface area contributed by atoms with E-state index in [-0.39, 0.29) is 5.69 Å². The van der Waals surface area contributed by atoms with E-state index in [9.17, 15) is 0 Å². The SMILES string of the molecule is N#Cc1[nH]nnc1-c1cc(Cl)cc(-c2cnccn2)c1. The first-order chi connectivity index (χ1) is 9.78. The lowest BCUT2D eigenvalue weighted by molar-refractivity contribution is 0.937. The van der Waals surface area contributed by atoms with Gasteiger partial charge in [-0.1, -0.05) is 16.8 Å². The van der Waals surface area contributed by atoms with Crippen molar-refractivity contribution in [3.63, 3.8) is 0 Å². The van der Waals surface area contributed by atoms with Gasteiger partial charge in [0.2, 0.25) is 0 Å². The quantitative estimate of drug-likeness (QED) is 0.779. The summed E-state index contributed by atoms with van der Waals surface area (Å²) >= 11 is 6.12. The first-order valence-corrected chi connectivity index (χ1v) is 6.04. The zero-order valence-corrected chi connectivity index (χ0v) is 10.8. The van der Waals surface area contributed by atoms with Crippen molar-refractivity contribution in [1.29, 1.82) is 5.26 Å². The molecule has 0 atom stereocenters. The highest BCUT2D eigenvalue weighted by Gasteiger charge is 2.12. The van der Waals surface area contributed by atoms with Gasteiger partial charge in [-0.3, -0.25) is 9.97 Å². The summed E-state index contributed by atoms with van der Waals surface area (Å²) in [6, 6.07) is 7.34. The van der Waals surface area contributed by atoms with Crippen molar-refractivity contribution in [2.45, 2.75) is 0 Å². The number of benzene rings is 1. The second-order valence-electron chi connectivity index (χ2n) is 3.97. The van der Waals surface area contributed by atoms with E-state index in [2.05, 4.69) is 25.4 Å². The Morgan fingerprint density at radius 1 is 1.15 bits per heavy atom. The van der Waals surface area contributed by atoms with Crippen LogP contribution in [0.3, 0.4) is 0 Å². The van der Waals surface area contributed by atoms with Crippen LogP contribution in [-0.2, 0) is 0 Å². The minimum atomic E-state index is 0.289. The molecule has 1 aromatic carbocycles. The molecule has 3 aromatic rings. The molecule has 0 unspecified atom stereocenters. The normalized spacial score (nSPS) is 10.2. The van der Waals surface area contributed by atoms with Gasteiger partial charge in [-0.15, -0.1) is 5.10 Å². The maximum atomic E-state index is 9.01. The number of H-pyrrole nitrogens is 1. The standard InChI is InChI=1S/C13H7ClN6/c14-10-4-8(12-7-16-1-2-17-12)3-9(5-10)13-11(6-15)18-20-19-13/h1-5,7H,(H,18,19,20). The third kappa shape index (κ3) is 2.22. The monoisotopic (exact) mass is 282 g/mol. The Kier molecular flexibility index (Phi) is 3.11. The zero-order chi connectivity index (χ0) is 13.9. The summed E-state index contributed by atoms with van der Waals surface area (Å²) < 4.78 is 0. The first kappa shape index (κ1) is 12.3. The molecular formula is C13H7ClN6. The van der Waals surface area contributed by atoms with Gasteiger partial charge in [0.25, 0.3) is 0 Å². The number of aromatic amines is 1. The molecule has 0 saturated carbocycles. The van der Waals surface area contributed by atoms with E-state index < -0.39 is 0 Å². The topological polar surface area (TPSA) is 91.1 Å². The molecule has 20 heavy (non-hydrogen) atoms. The van der Waals surface area contributed by atoms with Gasteiger partial charge in [0.15, 0.2) is 5.69 Å². The van der Waals surface area contributed by atoms with Crippen LogP contribution < -0.4 is 0 Å². The summed E-state index contributed by atoms with van der Waals surface area (Å²) in [6.45, 7) is 0. The summed E-state index contributed by atoms with van der Waals surface area (Å²) in [5, 5.41) is 19.6. The minimum Gasteiger partial charge on any atom is -0.261 e. The molecule has 0 aliphatic heterocycles. The number of hydrogen-bond donors (Lipinski definition) is 1. The van der Waals surface area contributed by atoms with Gasteiger partial charge in [0.05, 0.1) is 11.9 Å². The number of nitrogens with zero attached hydrogens (tertiary/aromatic N) is 5. The molecule has 0 radical (unpaired) electrons. The fourth-order valence-electron chi connectivity index (χ4n) is 1.83. The molecular weight excluding hydrogens is 276 g/mol. The number of halogens is 1. The van der Waals surface area contributed by atoms with Crippen molar-refractivity contribution < 1.29 is 0 Å². The van der Waals surface area contributed by atoms with Gasteiger partial charge in [0.1, 0.15) is 11.8 Å². The van der Waals surface area contributed by atoms with Gasteiger partial charge in [-0.05, 0) is 18.2 Å². The lowest BCUT2D eigenvalue weighted by atomic mass is 10.1. The van der Waals surface area contributed by atoms with Crippen LogP contribution in [0.25, 0.3) is 22.5 Å². The Morgan fingerprint density at radius 2 is 2.00 bits per heavy atom. The van der Waals surface area contributed by atoms with E-state index in [4.69, 9.17) is 16.9 Å². The Bertz CT molecular complexity index is 790. The van der Waals surface area contributed by atoms with Crippen LogP contribution in [0.1, 0.15) is 5.69 Å². The summed E-state index contributed by atoms with van der Waals surface area (Å²) in [7, 11) is 0. The van der Waals surface area contributed by atoms with Crippen LogP contribution in [0.2, 0.25) is 5.02 Å². The van der Waals surface area contributed by atoms with Crippen LogP contribution in [0.15, 0.2) is 36.8 Å². The highest BCUT2D eigenvalue weighted by molar-refractivity contribution is 6.31. The minimum absolute atomic E-state index is 0.289. The summed E-state index contributed by atoms with van der Waals surface area (Å²) in [4.78, 5) is 8.25. The molecule has 0 spiro atoms. The molecule has 6 nitrogen and oxygen atoms in total. The number of hydrogen-bond acceptors (Lipinski definition) is 5. The Balaban J connectivity index is 2.15. The largest absolute Gasteiger partial charge is 0.261 e. The van der Waals surface area contributed by atoms with Crippen LogP contribution in [-0.4, -0.2) is 25.4 Å². The number of rotatable bonds is 2. The lowest BCUT2D eigenvalue weighted by Crippen LogP contribution is -1.88. The molecule has 0 aliphatic rings. The fourth-order valence-corrected chi connectivity index (χ4v) is 2.07. The zero-order valence-electron chi connectivity index (χ0n) is 10.1. The average Bonchev–Trinajstić information content (AvgIpc) is 2.96. The molecule has 1 N–H and O–H groups in total. The van der Waals surface area contributed by atoms with Crippen molar-refractivity contribution >= 4 is 11.6 Å². The molecule has 96 valence electrons. The third-order valence-electron chi connectivity index (χ3n) is 2.69. The maximum absolute atomic E-state index is 9.01. The fraction of sp³-hybridized carbons (Fsp3) is 0. The maximum Gasteiger partial charge on any atom is 0.163 e. The third-order valence-corrected chi connectivity index (χ3v) is 2.91. The van der Waals surface area contributed by atoms with Crippen molar-refractivity contribution in [1.82, 2.24) is 25.4 Å². The predicted octanol–water partition coefficient (Wildman–Crippen LogP) is 2.45. The lowest BCUT2D eigenvalue weighted by Gasteiger charge is -2.04. The van der Waals surface area contributed by atoms with Crippen LogP contribution in [0.5, 0.6) is 0 Å². The molecule has 2 aromatic heterocycles. The second kappa shape index (κ2) is 5.07. The molecule has 0 bridgehead atoms. The summed E-state index contributed by atoms with van der Waals surface area (Å²) in [6.07, 6.45) is 4.84. The molecule has 0 aliphatic carbocycles. The van der Waals surface area contributed by atoms with E-state index >= 15 is 0 Å². The Morgan fingerprint density at radius 3 is 2.75 bits per heavy atom. The highest BCUT2D eigenvalue weighted by atomic mass is 35.5. The van der Waals surface area contributed by atoms with Gasteiger partial charge in [-0.2, -0.15) is 5.26 Å². The highest BCUT2D eigenvalue weighted by Crippen LogP contribution is 2.29. The van der Waals surface area contributed by atoms with Crippen molar-refractivity contribution in [2.75, 3.05) is 0 Å². The number of nitriles is 1. The number of nitrogens with one attached hydrogen (secondary N) is 1. The van der Waals surface area contributed by atoms with Crippen molar-refractivity contribution in [3.05, 3.63) is 47.5 Å². The molecule has 7 heteroatoms.